The molecular formula is C20H19N5O. The van der Waals surface area contributed by atoms with Crippen molar-refractivity contribution < 1.29 is 4.79 Å². The zero-order valence-electron chi connectivity index (χ0n) is 14.4. The lowest BCUT2D eigenvalue weighted by Crippen LogP contribution is -2.21. The molecule has 130 valence electrons. The first-order chi connectivity index (χ1) is 12.7. The molecule has 0 aliphatic carbocycles. The number of hydrogen-bond acceptors (Lipinski definition) is 3. The summed E-state index contributed by atoms with van der Waals surface area (Å²) in [4.78, 5) is 23.5. The van der Waals surface area contributed by atoms with Crippen LogP contribution in [0.2, 0.25) is 0 Å². The van der Waals surface area contributed by atoms with Gasteiger partial charge in [-0.3, -0.25) is 4.79 Å². The van der Waals surface area contributed by atoms with Crippen LogP contribution in [0.3, 0.4) is 0 Å². The summed E-state index contributed by atoms with van der Waals surface area (Å²) in [6, 6.07) is 12.3. The highest BCUT2D eigenvalue weighted by Crippen LogP contribution is 2.18. The zero-order chi connectivity index (χ0) is 17.9. The summed E-state index contributed by atoms with van der Waals surface area (Å²) in [6.07, 6.45) is 7.46. The second kappa shape index (κ2) is 6.84. The molecule has 0 saturated carbocycles. The van der Waals surface area contributed by atoms with E-state index >= 15 is 0 Å². The predicted molar refractivity (Wildman–Crippen MR) is 101 cm³/mol. The fourth-order valence-corrected chi connectivity index (χ4v) is 3.03. The number of aromatic amines is 1. The van der Waals surface area contributed by atoms with Crippen molar-refractivity contribution in [2.75, 3.05) is 0 Å². The number of hydrogen-bond donors (Lipinski definition) is 2. The third-order valence-corrected chi connectivity index (χ3v) is 4.45. The van der Waals surface area contributed by atoms with E-state index < -0.39 is 0 Å². The highest BCUT2D eigenvalue weighted by molar-refractivity contribution is 5.87. The van der Waals surface area contributed by atoms with Gasteiger partial charge in [0.25, 0.3) is 0 Å². The van der Waals surface area contributed by atoms with Gasteiger partial charge in [-0.1, -0.05) is 24.3 Å². The third-order valence-electron chi connectivity index (χ3n) is 4.45. The molecule has 0 unspecified atom stereocenters. The van der Waals surface area contributed by atoms with Gasteiger partial charge in [0.15, 0.2) is 5.65 Å². The minimum Gasteiger partial charge on any atom is -0.347 e. The molecule has 0 aliphatic heterocycles. The monoisotopic (exact) mass is 345 g/mol. The van der Waals surface area contributed by atoms with Crippen molar-refractivity contribution in [3.63, 3.8) is 0 Å². The van der Waals surface area contributed by atoms with Crippen molar-refractivity contribution in [1.29, 1.82) is 0 Å². The number of rotatable bonds is 5. The van der Waals surface area contributed by atoms with Gasteiger partial charge in [-0.15, -0.1) is 0 Å². The topological polar surface area (TPSA) is 75.6 Å². The highest BCUT2D eigenvalue weighted by atomic mass is 16.1. The van der Waals surface area contributed by atoms with Crippen molar-refractivity contribution in [3.8, 4) is 0 Å². The van der Waals surface area contributed by atoms with Gasteiger partial charge in [0.05, 0.1) is 12.9 Å². The van der Waals surface area contributed by atoms with E-state index in [2.05, 4.69) is 43.0 Å². The molecule has 6 nitrogen and oxygen atoms in total. The molecule has 1 aromatic carbocycles. The Kier molecular flexibility index (Phi) is 4.23. The molecule has 3 heterocycles. The van der Waals surface area contributed by atoms with Crippen molar-refractivity contribution >= 4 is 28.0 Å². The third kappa shape index (κ3) is 3.21. The van der Waals surface area contributed by atoms with Crippen LogP contribution < -0.4 is 5.32 Å². The second-order valence-electron chi connectivity index (χ2n) is 6.19. The number of carbonyl (C=O) groups excluding carboxylic acids is 1. The van der Waals surface area contributed by atoms with E-state index in [1.165, 1.54) is 5.39 Å². The fourth-order valence-electron chi connectivity index (χ4n) is 3.03. The van der Waals surface area contributed by atoms with Gasteiger partial charge in [0.2, 0.25) is 5.91 Å². The average Bonchev–Trinajstić information content (AvgIpc) is 3.24. The maximum absolute atomic E-state index is 12.1. The van der Waals surface area contributed by atoms with Crippen LogP contribution in [0.4, 0.5) is 0 Å². The standard InChI is InChI=1S/C20H19N5O/c1-25-16(10-15-6-2-3-7-18(15)25)12-21-19(26)8-4-5-14-9-17-20(22-11-14)24-13-23-17/h2-4,6-11,13H,5,12H2,1H3,(H,21,26)(H,22,23,24)/b8-4+. The van der Waals surface area contributed by atoms with Crippen LogP contribution in [0.1, 0.15) is 11.3 Å². The first-order valence-electron chi connectivity index (χ1n) is 8.46. The van der Waals surface area contributed by atoms with Crippen molar-refractivity contribution in [3.05, 3.63) is 72.3 Å². The normalized spacial score (nSPS) is 11.6. The van der Waals surface area contributed by atoms with Crippen LogP contribution >= 0.6 is 0 Å². The summed E-state index contributed by atoms with van der Waals surface area (Å²) in [5, 5.41) is 4.11. The summed E-state index contributed by atoms with van der Waals surface area (Å²) >= 11 is 0. The Morgan fingerprint density at radius 1 is 1.27 bits per heavy atom. The van der Waals surface area contributed by atoms with Crippen LogP contribution in [0, 0.1) is 0 Å². The van der Waals surface area contributed by atoms with Crippen LogP contribution in [0.25, 0.3) is 22.1 Å². The predicted octanol–water partition coefficient (Wildman–Crippen LogP) is 2.86. The number of carbonyl (C=O) groups is 1. The minimum atomic E-state index is -0.107. The highest BCUT2D eigenvalue weighted by Gasteiger charge is 2.05. The van der Waals surface area contributed by atoms with Gasteiger partial charge in [-0.2, -0.15) is 0 Å². The van der Waals surface area contributed by atoms with Crippen LogP contribution in [-0.2, 0) is 24.8 Å². The summed E-state index contributed by atoms with van der Waals surface area (Å²) < 4.78 is 2.10. The van der Waals surface area contributed by atoms with E-state index in [0.29, 0.717) is 13.0 Å². The number of aryl methyl sites for hydroxylation is 1. The van der Waals surface area contributed by atoms with E-state index in [0.717, 1.165) is 27.9 Å². The van der Waals surface area contributed by atoms with Gasteiger partial charge in [-0.05, 0) is 41.6 Å². The fraction of sp³-hybridized carbons (Fsp3) is 0.150. The maximum Gasteiger partial charge on any atom is 0.243 e. The lowest BCUT2D eigenvalue weighted by molar-refractivity contribution is -0.116. The number of benzene rings is 1. The number of allylic oxidation sites excluding steroid dienone is 1. The smallest absolute Gasteiger partial charge is 0.243 e. The minimum absolute atomic E-state index is 0.107. The Morgan fingerprint density at radius 3 is 3.04 bits per heavy atom. The van der Waals surface area contributed by atoms with E-state index in [4.69, 9.17) is 0 Å². The maximum atomic E-state index is 12.1. The summed E-state index contributed by atoms with van der Waals surface area (Å²) in [5.41, 5.74) is 4.85. The first kappa shape index (κ1) is 16.1. The van der Waals surface area contributed by atoms with Gasteiger partial charge in [0.1, 0.15) is 5.52 Å². The van der Waals surface area contributed by atoms with Crippen LogP contribution in [0.5, 0.6) is 0 Å². The van der Waals surface area contributed by atoms with E-state index in [-0.39, 0.29) is 5.91 Å². The molecule has 26 heavy (non-hydrogen) atoms. The van der Waals surface area contributed by atoms with Gasteiger partial charge >= 0.3 is 0 Å². The molecular weight excluding hydrogens is 326 g/mol. The Labute approximate surface area is 150 Å². The summed E-state index contributed by atoms with van der Waals surface area (Å²) in [5.74, 6) is -0.107. The Bertz CT molecular complexity index is 1110. The molecule has 0 aliphatic rings. The Morgan fingerprint density at radius 2 is 2.15 bits per heavy atom. The lowest BCUT2D eigenvalue weighted by atomic mass is 10.2. The number of fused-ring (bicyclic) bond motifs is 2. The quantitative estimate of drug-likeness (QED) is 0.546. The summed E-state index contributed by atoms with van der Waals surface area (Å²) in [6.45, 7) is 0.495. The number of aromatic nitrogens is 4. The van der Waals surface area contributed by atoms with Crippen molar-refractivity contribution in [2.24, 2.45) is 7.05 Å². The molecule has 0 saturated heterocycles. The first-order valence-corrected chi connectivity index (χ1v) is 8.46. The number of H-pyrrole nitrogens is 1. The number of amides is 1. The van der Waals surface area contributed by atoms with Crippen LogP contribution in [-0.4, -0.2) is 25.4 Å². The van der Waals surface area contributed by atoms with Gasteiger partial charge in [-0.25, -0.2) is 9.97 Å². The van der Waals surface area contributed by atoms with E-state index in [9.17, 15) is 4.79 Å². The van der Waals surface area contributed by atoms with Gasteiger partial charge in [0, 0.05) is 24.5 Å². The number of pyridine rings is 1. The lowest BCUT2D eigenvalue weighted by Gasteiger charge is -2.05. The molecule has 6 heteroatoms. The molecule has 0 spiro atoms. The number of nitrogens with zero attached hydrogens (tertiary/aromatic N) is 3. The van der Waals surface area contributed by atoms with Gasteiger partial charge < -0.3 is 14.9 Å². The largest absolute Gasteiger partial charge is 0.347 e. The molecule has 4 aromatic rings. The number of imidazole rings is 1. The summed E-state index contributed by atoms with van der Waals surface area (Å²) in [7, 11) is 2.01. The molecule has 0 radical (unpaired) electrons. The molecule has 0 fully saturated rings. The Balaban J connectivity index is 1.35. The van der Waals surface area contributed by atoms with E-state index in [1.54, 1.807) is 18.6 Å². The van der Waals surface area contributed by atoms with Crippen molar-refractivity contribution in [1.82, 2.24) is 24.8 Å². The van der Waals surface area contributed by atoms with E-state index in [1.807, 2.05) is 31.3 Å². The molecule has 4 rings (SSSR count). The zero-order valence-corrected chi connectivity index (χ0v) is 14.4. The molecule has 3 aromatic heterocycles. The van der Waals surface area contributed by atoms with Crippen molar-refractivity contribution in [2.45, 2.75) is 13.0 Å². The average molecular weight is 345 g/mol. The number of para-hydroxylation sites is 1. The van der Waals surface area contributed by atoms with Crippen LogP contribution in [0.15, 0.2) is 61.1 Å². The molecule has 2 N–H and O–H groups in total. The molecule has 0 atom stereocenters. The SMILES string of the molecule is Cn1c(CNC(=O)/C=C/Cc2cnc3[nH]cnc3c2)cc2ccccc21. The molecule has 0 bridgehead atoms. The molecule has 1 amide bonds. The number of nitrogens with one attached hydrogen (secondary N) is 2. The second-order valence-corrected chi connectivity index (χ2v) is 6.19. The Hall–Kier alpha value is -3.41.